The lowest BCUT2D eigenvalue weighted by Crippen LogP contribution is -2.37. The molecular weight excluding hydrogens is 312 g/mol. The molecule has 25 heavy (non-hydrogen) atoms. The summed E-state index contributed by atoms with van der Waals surface area (Å²) in [7, 11) is 0. The molecule has 1 atom stereocenters. The molecule has 1 fully saturated rings. The fourth-order valence-corrected chi connectivity index (χ4v) is 3.18. The molecule has 2 aromatic carbocycles. The lowest BCUT2D eigenvalue weighted by Gasteiger charge is -2.16. The molecule has 0 radical (unpaired) electrons. The number of aromatic amines is 1. The summed E-state index contributed by atoms with van der Waals surface area (Å²) in [5.74, 6) is 0.912. The molecular formula is C20H20N4O. The molecule has 1 aliphatic rings. The summed E-state index contributed by atoms with van der Waals surface area (Å²) in [6.45, 7) is 1.66. The first-order chi connectivity index (χ1) is 12.3. The van der Waals surface area contributed by atoms with Gasteiger partial charge in [0.25, 0.3) is 5.91 Å². The number of hydrogen-bond donors (Lipinski definition) is 2. The fourth-order valence-electron chi connectivity index (χ4n) is 3.18. The van der Waals surface area contributed by atoms with E-state index in [9.17, 15) is 4.79 Å². The van der Waals surface area contributed by atoms with E-state index < -0.39 is 0 Å². The predicted molar refractivity (Wildman–Crippen MR) is 98.5 cm³/mol. The molecule has 5 heteroatoms. The number of H-pyrrole nitrogens is 1. The maximum Gasteiger partial charge on any atom is 0.251 e. The molecule has 5 nitrogen and oxygen atoms in total. The standard InChI is InChI=1S/C20H20N4O/c25-20(16-9-5-2-6-10-16)21-17-11-12-24(14-17)19-13-18(22-23-19)15-7-3-1-4-8-15/h1-10,13,17H,11-12,14H2,(H,21,25)(H,22,23)/t17-/m1/s1. The largest absolute Gasteiger partial charge is 0.353 e. The Labute approximate surface area is 146 Å². The van der Waals surface area contributed by atoms with Crippen LogP contribution in [0.15, 0.2) is 66.7 Å². The van der Waals surface area contributed by atoms with E-state index in [1.54, 1.807) is 0 Å². The van der Waals surface area contributed by atoms with Crippen molar-refractivity contribution >= 4 is 11.7 Å². The summed E-state index contributed by atoms with van der Waals surface area (Å²) >= 11 is 0. The van der Waals surface area contributed by atoms with Crippen molar-refractivity contribution in [3.8, 4) is 11.3 Å². The van der Waals surface area contributed by atoms with Gasteiger partial charge in [-0.05, 0) is 24.1 Å². The van der Waals surface area contributed by atoms with Gasteiger partial charge >= 0.3 is 0 Å². The maximum atomic E-state index is 12.3. The number of nitrogens with one attached hydrogen (secondary N) is 2. The first-order valence-electron chi connectivity index (χ1n) is 8.51. The summed E-state index contributed by atoms with van der Waals surface area (Å²) in [6, 6.07) is 21.7. The summed E-state index contributed by atoms with van der Waals surface area (Å²) in [4.78, 5) is 14.5. The van der Waals surface area contributed by atoms with Crippen LogP contribution in [0.1, 0.15) is 16.8 Å². The van der Waals surface area contributed by atoms with E-state index in [0.29, 0.717) is 5.56 Å². The van der Waals surface area contributed by atoms with Crippen LogP contribution >= 0.6 is 0 Å². The molecule has 0 spiro atoms. The second kappa shape index (κ2) is 6.81. The van der Waals surface area contributed by atoms with Crippen LogP contribution in [0.4, 0.5) is 5.82 Å². The Morgan fingerprint density at radius 3 is 2.56 bits per heavy atom. The van der Waals surface area contributed by atoms with E-state index in [0.717, 1.165) is 36.6 Å². The van der Waals surface area contributed by atoms with Crippen molar-refractivity contribution in [2.75, 3.05) is 18.0 Å². The third-order valence-corrected chi connectivity index (χ3v) is 4.53. The van der Waals surface area contributed by atoms with Gasteiger partial charge in [-0.2, -0.15) is 5.10 Å². The summed E-state index contributed by atoms with van der Waals surface area (Å²) in [5, 5.41) is 10.7. The van der Waals surface area contributed by atoms with Gasteiger partial charge in [-0.25, -0.2) is 0 Å². The average molecular weight is 332 g/mol. The molecule has 2 heterocycles. The molecule has 4 rings (SSSR count). The van der Waals surface area contributed by atoms with E-state index in [1.807, 2.05) is 48.5 Å². The zero-order valence-corrected chi connectivity index (χ0v) is 13.9. The molecule has 1 aliphatic heterocycles. The molecule has 1 saturated heterocycles. The molecule has 3 aromatic rings. The number of aromatic nitrogens is 2. The van der Waals surface area contributed by atoms with Crippen LogP contribution in [0.5, 0.6) is 0 Å². The van der Waals surface area contributed by atoms with Crippen LogP contribution in [0.2, 0.25) is 0 Å². The van der Waals surface area contributed by atoms with Crippen molar-refractivity contribution in [1.82, 2.24) is 15.5 Å². The van der Waals surface area contributed by atoms with Crippen LogP contribution in [-0.4, -0.2) is 35.2 Å². The molecule has 0 unspecified atom stereocenters. The van der Waals surface area contributed by atoms with E-state index in [2.05, 4.69) is 38.6 Å². The van der Waals surface area contributed by atoms with Gasteiger partial charge in [0.05, 0.1) is 5.69 Å². The van der Waals surface area contributed by atoms with Gasteiger partial charge in [0.1, 0.15) is 0 Å². The minimum Gasteiger partial charge on any atom is -0.353 e. The Morgan fingerprint density at radius 2 is 1.80 bits per heavy atom. The highest BCUT2D eigenvalue weighted by atomic mass is 16.1. The third-order valence-electron chi connectivity index (χ3n) is 4.53. The Kier molecular flexibility index (Phi) is 4.21. The number of carbonyl (C=O) groups excluding carboxylic acids is 1. The van der Waals surface area contributed by atoms with Gasteiger partial charge in [-0.3, -0.25) is 9.89 Å². The highest BCUT2D eigenvalue weighted by molar-refractivity contribution is 5.94. The normalized spacial score (nSPS) is 16.8. The van der Waals surface area contributed by atoms with Gasteiger partial charge < -0.3 is 10.2 Å². The quantitative estimate of drug-likeness (QED) is 0.772. The van der Waals surface area contributed by atoms with Gasteiger partial charge in [0.15, 0.2) is 5.82 Å². The van der Waals surface area contributed by atoms with Crippen molar-refractivity contribution < 1.29 is 4.79 Å². The highest BCUT2D eigenvalue weighted by Crippen LogP contribution is 2.24. The van der Waals surface area contributed by atoms with Gasteiger partial charge in [-0.1, -0.05) is 48.5 Å². The second-order valence-corrected chi connectivity index (χ2v) is 6.28. The van der Waals surface area contributed by atoms with Crippen LogP contribution in [0.3, 0.4) is 0 Å². The zero-order chi connectivity index (χ0) is 17.1. The number of anilines is 1. The number of hydrogen-bond acceptors (Lipinski definition) is 3. The van der Waals surface area contributed by atoms with Crippen LogP contribution in [-0.2, 0) is 0 Å². The first-order valence-corrected chi connectivity index (χ1v) is 8.51. The molecule has 0 aliphatic carbocycles. The summed E-state index contributed by atoms with van der Waals surface area (Å²) < 4.78 is 0. The van der Waals surface area contributed by atoms with Crippen molar-refractivity contribution in [1.29, 1.82) is 0 Å². The van der Waals surface area contributed by atoms with Crippen molar-refractivity contribution in [3.05, 3.63) is 72.3 Å². The zero-order valence-electron chi connectivity index (χ0n) is 13.9. The molecule has 0 bridgehead atoms. The minimum atomic E-state index is -0.0144. The van der Waals surface area contributed by atoms with E-state index in [1.165, 1.54) is 0 Å². The Hall–Kier alpha value is -3.08. The number of nitrogens with zero attached hydrogens (tertiary/aromatic N) is 2. The number of benzene rings is 2. The first kappa shape index (κ1) is 15.4. The molecule has 1 aromatic heterocycles. The predicted octanol–water partition coefficient (Wildman–Crippen LogP) is 3.09. The van der Waals surface area contributed by atoms with E-state index in [4.69, 9.17) is 0 Å². The second-order valence-electron chi connectivity index (χ2n) is 6.28. The van der Waals surface area contributed by atoms with Crippen molar-refractivity contribution in [2.45, 2.75) is 12.5 Å². The Balaban J connectivity index is 1.40. The van der Waals surface area contributed by atoms with Crippen LogP contribution < -0.4 is 10.2 Å². The average Bonchev–Trinajstić information content (AvgIpc) is 3.32. The monoisotopic (exact) mass is 332 g/mol. The number of rotatable bonds is 4. The minimum absolute atomic E-state index is 0.0144. The topological polar surface area (TPSA) is 61.0 Å². The number of amides is 1. The van der Waals surface area contributed by atoms with Crippen LogP contribution in [0, 0.1) is 0 Å². The summed E-state index contributed by atoms with van der Waals surface area (Å²) in [5.41, 5.74) is 2.83. The maximum absolute atomic E-state index is 12.3. The molecule has 126 valence electrons. The fraction of sp³-hybridized carbons (Fsp3) is 0.200. The highest BCUT2D eigenvalue weighted by Gasteiger charge is 2.25. The Bertz CT molecular complexity index is 844. The molecule has 0 saturated carbocycles. The lowest BCUT2D eigenvalue weighted by molar-refractivity contribution is 0.0940. The lowest BCUT2D eigenvalue weighted by atomic mass is 10.1. The van der Waals surface area contributed by atoms with E-state index in [-0.39, 0.29) is 11.9 Å². The molecule has 1 amide bonds. The van der Waals surface area contributed by atoms with Gasteiger partial charge in [0, 0.05) is 30.8 Å². The van der Waals surface area contributed by atoms with Crippen LogP contribution in [0.25, 0.3) is 11.3 Å². The number of carbonyl (C=O) groups is 1. The Morgan fingerprint density at radius 1 is 1.08 bits per heavy atom. The van der Waals surface area contributed by atoms with Crippen molar-refractivity contribution in [2.24, 2.45) is 0 Å². The third kappa shape index (κ3) is 3.40. The smallest absolute Gasteiger partial charge is 0.251 e. The van der Waals surface area contributed by atoms with Gasteiger partial charge in [-0.15, -0.1) is 0 Å². The van der Waals surface area contributed by atoms with Crippen molar-refractivity contribution in [3.63, 3.8) is 0 Å². The summed E-state index contributed by atoms with van der Waals surface area (Å²) in [6.07, 6.45) is 0.923. The SMILES string of the molecule is O=C(N[C@@H]1CCN(c2cc(-c3ccccc3)[nH]n2)C1)c1ccccc1. The van der Waals surface area contributed by atoms with E-state index >= 15 is 0 Å². The van der Waals surface area contributed by atoms with Gasteiger partial charge in [0.2, 0.25) is 0 Å². The molecule has 2 N–H and O–H groups in total.